The number of azo groups is 1. The summed E-state index contributed by atoms with van der Waals surface area (Å²) in [5.74, 6) is 0.703. The van der Waals surface area contributed by atoms with Crippen LogP contribution in [0, 0.1) is 6.92 Å². The molecule has 0 fully saturated rings. The lowest BCUT2D eigenvalue weighted by molar-refractivity contribution is 0.476. The van der Waals surface area contributed by atoms with Crippen LogP contribution in [0.1, 0.15) is 32.0 Å². The van der Waals surface area contributed by atoms with Crippen molar-refractivity contribution in [2.24, 2.45) is 10.2 Å². The molecule has 0 aliphatic carbocycles. The number of benzene rings is 1. The molecule has 3 aromatic rings. The number of hydrogen-bond acceptors (Lipinski definition) is 4. The smallest absolute Gasteiger partial charge is 0.183 e. The van der Waals surface area contributed by atoms with Crippen molar-refractivity contribution >= 4 is 28.8 Å². The highest BCUT2D eigenvalue weighted by Gasteiger charge is 2.24. The number of hydrogen-bond donors (Lipinski definition) is 1. The summed E-state index contributed by atoms with van der Waals surface area (Å²) < 4.78 is 1.82. The molecule has 6 heteroatoms. The number of aromatic hydroxyl groups is 1. The van der Waals surface area contributed by atoms with Crippen molar-refractivity contribution in [3.63, 3.8) is 0 Å². The lowest BCUT2D eigenvalue weighted by Crippen LogP contribution is -2.11. The highest BCUT2D eigenvalue weighted by molar-refractivity contribution is 6.30. The molecule has 0 amide bonds. The van der Waals surface area contributed by atoms with Gasteiger partial charge in [0.2, 0.25) is 0 Å². The minimum Gasteiger partial charge on any atom is -0.506 e. The zero-order valence-corrected chi connectivity index (χ0v) is 14.8. The third-order valence-electron chi connectivity index (χ3n) is 3.65. The van der Waals surface area contributed by atoms with Crippen LogP contribution in [0.25, 0.3) is 5.65 Å². The van der Waals surface area contributed by atoms with Gasteiger partial charge in [0.15, 0.2) is 5.82 Å². The maximum atomic E-state index is 9.95. The summed E-state index contributed by atoms with van der Waals surface area (Å²) in [6, 6.07) is 8.86. The van der Waals surface area contributed by atoms with Crippen LogP contribution < -0.4 is 0 Å². The summed E-state index contributed by atoms with van der Waals surface area (Å²) in [4.78, 5) is 4.67. The maximum Gasteiger partial charge on any atom is 0.183 e. The van der Waals surface area contributed by atoms with E-state index < -0.39 is 0 Å². The number of fused-ring (bicyclic) bond motifs is 1. The van der Waals surface area contributed by atoms with Crippen molar-refractivity contribution in [2.45, 2.75) is 33.1 Å². The molecule has 1 N–H and O–H groups in total. The zero-order chi connectivity index (χ0) is 17.5. The minimum absolute atomic E-state index is 0.0912. The van der Waals surface area contributed by atoms with Gasteiger partial charge >= 0.3 is 0 Å². The van der Waals surface area contributed by atoms with Crippen molar-refractivity contribution in [1.82, 2.24) is 9.38 Å². The van der Waals surface area contributed by atoms with E-state index in [1.54, 1.807) is 24.4 Å². The molecule has 0 spiro atoms. The van der Waals surface area contributed by atoms with Crippen molar-refractivity contribution in [3.05, 3.63) is 52.8 Å². The van der Waals surface area contributed by atoms with E-state index >= 15 is 0 Å². The van der Waals surface area contributed by atoms with Gasteiger partial charge in [-0.1, -0.05) is 38.4 Å². The highest BCUT2D eigenvalue weighted by Crippen LogP contribution is 2.35. The summed E-state index contributed by atoms with van der Waals surface area (Å²) in [5.41, 5.74) is 2.79. The summed E-state index contributed by atoms with van der Waals surface area (Å²) in [6.07, 6.45) is 1.77. The van der Waals surface area contributed by atoms with Gasteiger partial charge in [-0.15, -0.1) is 10.2 Å². The molecule has 3 rings (SSSR count). The predicted molar refractivity (Wildman–Crippen MR) is 95.9 cm³/mol. The molecule has 0 aliphatic heterocycles. The molecule has 5 nitrogen and oxygen atoms in total. The van der Waals surface area contributed by atoms with Crippen LogP contribution in [0.2, 0.25) is 5.02 Å². The van der Waals surface area contributed by atoms with Crippen molar-refractivity contribution < 1.29 is 5.11 Å². The Balaban J connectivity index is 2.18. The predicted octanol–water partition coefficient (Wildman–Crippen LogP) is 5.71. The number of nitrogens with zero attached hydrogens (tertiary/aromatic N) is 4. The number of pyridine rings is 1. The van der Waals surface area contributed by atoms with Gasteiger partial charge in [0, 0.05) is 11.6 Å². The van der Waals surface area contributed by atoms with E-state index in [4.69, 9.17) is 11.6 Å². The molecule has 24 heavy (non-hydrogen) atoms. The molecule has 2 aromatic heterocycles. The van der Waals surface area contributed by atoms with E-state index in [0.29, 0.717) is 16.5 Å². The number of halogens is 1. The molecule has 124 valence electrons. The molecular formula is C18H19ClN4O. The number of phenols is 1. The summed E-state index contributed by atoms with van der Waals surface area (Å²) in [6.45, 7) is 8.14. The van der Waals surface area contributed by atoms with E-state index in [0.717, 1.165) is 16.9 Å². The summed E-state index contributed by atoms with van der Waals surface area (Å²) in [5, 5.41) is 19.2. The third-order valence-corrected chi connectivity index (χ3v) is 3.87. The molecule has 2 heterocycles. The SMILES string of the molecule is Cc1ccc(O)c(N=Nc2c(C(C)(C)C)nc3ccc(Cl)cn23)c1. The Morgan fingerprint density at radius 1 is 1.12 bits per heavy atom. The van der Waals surface area contributed by atoms with Crippen LogP contribution >= 0.6 is 11.6 Å². The van der Waals surface area contributed by atoms with Gasteiger partial charge in [0.25, 0.3) is 0 Å². The topological polar surface area (TPSA) is 62.2 Å². The summed E-state index contributed by atoms with van der Waals surface area (Å²) in [7, 11) is 0. The molecule has 0 saturated carbocycles. The van der Waals surface area contributed by atoms with Crippen LogP contribution in [0.4, 0.5) is 11.5 Å². The first-order valence-corrected chi connectivity index (χ1v) is 8.03. The normalized spacial score (nSPS) is 12.4. The molecule has 0 aliphatic rings. The Hall–Kier alpha value is -2.40. The standard InChI is InChI=1S/C18H19ClN4O/c1-11-5-7-14(24)13(9-11)21-22-17-16(18(2,3)4)20-15-8-6-12(19)10-23(15)17/h5-10,24H,1-4H3. The molecular weight excluding hydrogens is 324 g/mol. The second kappa shape index (κ2) is 5.91. The first-order valence-electron chi connectivity index (χ1n) is 7.65. The Bertz CT molecular complexity index is 938. The minimum atomic E-state index is -0.207. The van der Waals surface area contributed by atoms with Gasteiger partial charge in [-0.25, -0.2) is 4.98 Å². The first-order chi connectivity index (χ1) is 11.3. The molecule has 0 radical (unpaired) electrons. The largest absolute Gasteiger partial charge is 0.506 e. The molecule has 0 bridgehead atoms. The Kier molecular flexibility index (Phi) is 4.05. The van der Waals surface area contributed by atoms with Gasteiger partial charge in [0.05, 0.1) is 10.7 Å². The quantitative estimate of drug-likeness (QED) is 0.606. The number of imidazole rings is 1. The number of aromatic nitrogens is 2. The van der Waals surface area contributed by atoms with Gasteiger partial charge < -0.3 is 5.11 Å². The lowest BCUT2D eigenvalue weighted by atomic mass is 9.92. The molecule has 0 saturated heterocycles. The van der Waals surface area contributed by atoms with Crippen LogP contribution in [0.5, 0.6) is 5.75 Å². The third kappa shape index (κ3) is 3.12. The fourth-order valence-electron chi connectivity index (χ4n) is 2.42. The average Bonchev–Trinajstić information content (AvgIpc) is 2.86. The zero-order valence-electron chi connectivity index (χ0n) is 14.1. The Labute approximate surface area is 145 Å². The van der Waals surface area contributed by atoms with Gasteiger partial charge in [-0.3, -0.25) is 4.40 Å². The second-order valence-electron chi connectivity index (χ2n) is 6.80. The fraction of sp³-hybridized carbons (Fsp3) is 0.278. The van der Waals surface area contributed by atoms with Crippen LogP contribution in [0.15, 0.2) is 46.8 Å². The van der Waals surface area contributed by atoms with Gasteiger partial charge in [-0.05, 0) is 36.8 Å². The monoisotopic (exact) mass is 342 g/mol. The van der Waals surface area contributed by atoms with E-state index in [1.807, 2.05) is 23.5 Å². The average molecular weight is 343 g/mol. The maximum absolute atomic E-state index is 9.95. The Morgan fingerprint density at radius 2 is 1.88 bits per heavy atom. The highest BCUT2D eigenvalue weighted by atomic mass is 35.5. The van der Waals surface area contributed by atoms with Crippen LogP contribution in [-0.4, -0.2) is 14.5 Å². The van der Waals surface area contributed by atoms with Crippen molar-refractivity contribution in [2.75, 3.05) is 0 Å². The van der Waals surface area contributed by atoms with Crippen LogP contribution in [-0.2, 0) is 5.41 Å². The molecule has 0 atom stereocenters. The van der Waals surface area contributed by atoms with Crippen LogP contribution in [0.3, 0.4) is 0 Å². The van der Waals surface area contributed by atoms with Gasteiger partial charge in [-0.2, -0.15) is 0 Å². The van der Waals surface area contributed by atoms with E-state index in [-0.39, 0.29) is 11.2 Å². The number of aryl methyl sites for hydroxylation is 1. The van der Waals surface area contributed by atoms with Crippen molar-refractivity contribution in [3.8, 4) is 5.75 Å². The molecule has 1 aromatic carbocycles. The Morgan fingerprint density at radius 3 is 2.58 bits per heavy atom. The van der Waals surface area contributed by atoms with E-state index in [2.05, 4.69) is 36.0 Å². The van der Waals surface area contributed by atoms with E-state index in [1.165, 1.54) is 0 Å². The first kappa shape index (κ1) is 16.5. The number of rotatable bonds is 2. The van der Waals surface area contributed by atoms with E-state index in [9.17, 15) is 5.11 Å². The number of phenolic OH excluding ortho intramolecular Hbond substituents is 1. The van der Waals surface area contributed by atoms with Gasteiger partial charge in [0.1, 0.15) is 17.1 Å². The van der Waals surface area contributed by atoms with Crippen molar-refractivity contribution in [1.29, 1.82) is 0 Å². The fourth-order valence-corrected chi connectivity index (χ4v) is 2.58. The lowest BCUT2D eigenvalue weighted by Gasteiger charge is -2.15. The second-order valence-corrected chi connectivity index (χ2v) is 7.24. The molecule has 0 unspecified atom stereocenters. The summed E-state index contributed by atoms with van der Waals surface area (Å²) >= 11 is 6.12.